The number of urea groups is 1. The molecule has 30 heavy (non-hydrogen) atoms. The van der Waals surface area contributed by atoms with Crippen LogP contribution in [0.4, 0.5) is 22.4 Å². The van der Waals surface area contributed by atoms with Gasteiger partial charge in [-0.05, 0) is 41.8 Å². The molecule has 0 saturated carbocycles. The monoisotopic (exact) mass is 425 g/mol. The molecule has 0 radical (unpaired) electrons. The number of amides is 3. The van der Waals surface area contributed by atoms with Gasteiger partial charge in [-0.3, -0.25) is 4.79 Å². The Kier molecular flexibility index (Phi) is 8.20. The molecule has 2 aromatic rings. The van der Waals surface area contributed by atoms with Crippen LogP contribution in [-0.2, 0) is 19.3 Å². The lowest BCUT2D eigenvalue weighted by Gasteiger charge is -2.14. The number of carbonyl (C=O) groups is 2. The van der Waals surface area contributed by atoms with Crippen molar-refractivity contribution in [2.45, 2.75) is 39.0 Å². The summed E-state index contributed by atoms with van der Waals surface area (Å²) in [6.45, 7) is 2.35. The number of rotatable bonds is 8. The SMILES string of the molecule is CCCCNC(=O)c1ccc(CNC(=O)NCc2ccc(F)cc2C(F)(F)F)cc1. The van der Waals surface area contributed by atoms with Crippen LogP contribution in [0.25, 0.3) is 0 Å². The summed E-state index contributed by atoms with van der Waals surface area (Å²) in [5.74, 6) is -1.18. The van der Waals surface area contributed by atoms with Gasteiger partial charge >= 0.3 is 12.2 Å². The van der Waals surface area contributed by atoms with Crippen LogP contribution in [0.1, 0.15) is 46.8 Å². The first kappa shape index (κ1) is 23.2. The zero-order valence-electron chi connectivity index (χ0n) is 16.4. The van der Waals surface area contributed by atoms with Crippen molar-refractivity contribution >= 4 is 11.9 Å². The van der Waals surface area contributed by atoms with Crippen molar-refractivity contribution in [1.29, 1.82) is 0 Å². The summed E-state index contributed by atoms with van der Waals surface area (Å²) < 4.78 is 52.0. The normalized spacial score (nSPS) is 11.1. The van der Waals surface area contributed by atoms with Crippen LogP contribution >= 0.6 is 0 Å². The van der Waals surface area contributed by atoms with E-state index in [4.69, 9.17) is 0 Å². The molecule has 0 atom stereocenters. The van der Waals surface area contributed by atoms with Crippen LogP contribution in [0.3, 0.4) is 0 Å². The fourth-order valence-electron chi connectivity index (χ4n) is 2.64. The Morgan fingerprint density at radius 1 is 0.933 bits per heavy atom. The first-order valence-corrected chi connectivity index (χ1v) is 9.45. The molecule has 0 saturated heterocycles. The molecule has 0 bridgehead atoms. The van der Waals surface area contributed by atoms with Crippen LogP contribution in [-0.4, -0.2) is 18.5 Å². The van der Waals surface area contributed by atoms with Crippen LogP contribution in [0, 0.1) is 5.82 Å². The van der Waals surface area contributed by atoms with E-state index in [1.165, 1.54) is 0 Å². The van der Waals surface area contributed by atoms with E-state index < -0.39 is 30.1 Å². The summed E-state index contributed by atoms with van der Waals surface area (Å²) in [7, 11) is 0. The van der Waals surface area contributed by atoms with Gasteiger partial charge in [-0.15, -0.1) is 0 Å². The molecule has 5 nitrogen and oxygen atoms in total. The summed E-state index contributed by atoms with van der Waals surface area (Å²) in [6, 6.07) is 8.23. The number of alkyl halides is 3. The van der Waals surface area contributed by atoms with Crippen LogP contribution in [0.15, 0.2) is 42.5 Å². The summed E-state index contributed by atoms with van der Waals surface area (Å²) in [5.41, 5.74) is -0.156. The molecule has 0 spiro atoms. The molecule has 3 amide bonds. The molecule has 0 aliphatic heterocycles. The highest BCUT2D eigenvalue weighted by atomic mass is 19.4. The number of unbranched alkanes of at least 4 members (excludes halogenated alkanes) is 1. The second kappa shape index (κ2) is 10.6. The van der Waals surface area contributed by atoms with Gasteiger partial charge in [0.25, 0.3) is 5.91 Å². The minimum atomic E-state index is -4.72. The molecule has 0 aliphatic carbocycles. The summed E-state index contributed by atoms with van der Waals surface area (Å²) in [4.78, 5) is 23.8. The van der Waals surface area contributed by atoms with Gasteiger partial charge in [-0.25, -0.2) is 9.18 Å². The van der Waals surface area contributed by atoms with Gasteiger partial charge in [0.1, 0.15) is 5.82 Å². The third-order valence-electron chi connectivity index (χ3n) is 4.30. The molecule has 9 heteroatoms. The van der Waals surface area contributed by atoms with E-state index in [1.54, 1.807) is 24.3 Å². The zero-order chi connectivity index (χ0) is 22.1. The third-order valence-corrected chi connectivity index (χ3v) is 4.30. The lowest BCUT2D eigenvalue weighted by atomic mass is 10.1. The molecule has 2 aromatic carbocycles. The molecule has 0 fully saturated rings. The highest BCUT2D eigenvalue weighted by molar-refractivity contribution is 5.94. The Bertz CT molecular complexity index is 868. The number of halogens is 4. The maximum atomic E-state index is 13.1. The van der Waals surface area contributed by atoms with Crippen LogP contribution in [0.2, 0.25) is 0 Å². The van der Waals surface area contributed by atoms with Crippen LogP contribution in [0.5, 0.6) is 0 Å². The van der Waals surface area contributed by atoms with Gasteiger partial charge in [0.2, 0.25) is 0 Å². The molecular weight excluding hydrogens is 402 g/mol. The molecule has 0 unspecified atom stereocenters. The minimum Gasteiger partial charge on any atom is -0.352 e. The Morgan fingerprint density at radius 3 is 2.23 bits per heavy atom. The van der Waals surface area contributed by atoms with Gasteiger partial charge in [-0.1, -0.05) is 31.5 Å². The van der Waals surface area contributed by atoms with Gasteiger partial charge in [0, 0.05) is 25.2 Å². The summed E-state index contributed by atoms with van der Waals surface area (Å²) >= 11 is 0. The quantitative estimate of drug-likeness (QED) is 0.434. The average molecular weight is 425 g/mol. The number of hydrogen-bond acceptors (Lipinski definition) is 2. The van der Waals surface area contributed by atoms with Crippen molar-refractivity contribution in [1.82, 2.24) is 16.0 Å². The number of carbonyl (C=O) groups excluding carboxylic acids is 2. The number of benzene rings is 2. The van der Waals surface area contributed by atoms with E-state index in [-0.39, 0.29) is 18.0 Å². The lowest BCUT2D eigenvalue weighted by molar-refractivity contribution is -0.138. The predicted molar refractivity (Wildman–Crippen MR) is 104 cm³/mol. The van der Waals surface area contributed by atoms with Crippen LogP contribution < -0.4 is 16.0 Å². The smallest absolute Gasteiger partial charge is 0.352 e. The molecule has 0 aromatic heterocycles. The molecule has 0 aliphatic rings. The van der Waals surface area contributed by atoms with Gasteiger partial charge in [0.05, 0.1) is 5.56 Å². The maximum Gasteiger partial charge on any atom is 0.416 e. The Balaban J connectivity index is 1.85. The Morgan fingerprint density at radius 2 is 1.60 bits per heavy atom. The largest absolute Gasteiger partial charge is 0.416 e. The first-order chi connectivity index (χ1) is 14.2. The first-order valence-electron chi connectivity index (χ1n) is 9.45. The molecule has 0 heterocycles. The van der Waals surface area contributed by atoms with Crippen molar-refractivity contribution in [2.24, 2.45) is 0 Å². The third kappa shape index (κ3) is 7.06. The summed E-state index contributed by atoms with van der Waals surface area (Å²) in [6.07, 6.45) is -2.85. The lowest BCUT2D eigenvalue weighted by Crippen LogP contribution is -2.35. The Hall–Kier alpha value is -3.10. The minimum absolute atomic E-state index is 0.124. The van der Waals surface area contributed by atoms with Gasteiger partial charge in [-0.2, -0.15) is 13.2 Å². The second-order valence-corrected chi connectivity index (χ2v) is 6.64. The fraction of sp³-hybridized carbons (Fsp3) is 0.333. The van der Waals surface area contributed by atoms with Gasteiger partial charge < -0.3 is 16.0 Å². The average Bonchev–Trinajstić information content (AvgIpc) is 2.71. The molecule has 162 valence electrons. The highest BCUT2D eigenvalue weighted by Gasteiger charge is 2.33. The second-order valence-electron chi connectivity index (χ2n) is 6.64. The van der Waals surface area contributed by atoms with E-state index in [1.807, 2.05) is 6.92 Å². The van der Waals surface area contributed by atoms with Crippen molar-refractivity contribution in [3.8, 4) is 0 Å². The van der Waals surface area contributed by atoms with E-state index in [9.17, 15) is 27.2 Å². The van der Waals surface area contributed by atoms with Crippen molar-refractivity contribution in [3.63, 3.8) is 0 Å². The standard InChI is InChI=1S/C21H23F4N3O2/c1-2-3-10-26-19(29)15-6-4-14(5-7-15)12-27-20(30)28-13-16-8-9-17(22)11-18(16)21(23,24)25/h4-9,11H,2-3,10,12-13H2,1H3,(H,26,29)(H2,27,28,30). The van der Waals surface area contributed by atoms with Crippen molar-refractivity contribution in [2.75, 3.05) is 6.54 Å². The number of hydrogen-bond donors (Lipinski definition) is 3. The van der Waals surface area contributed by atoms with Crippen molar-refractivity contribution in [3.05, 3.63) is 70.5 Å². The van der Waals surface area contributed by atoms with E-state index in [0.29, 0.717) is 23.7 Å². The van der Waals surface area contributed by atoms with Crippen molar-refractivity contribution < 1.29 is 27.2 Å². The molecular formula is C21H23F4N3O2. The summed E-state index contributed by atoms with van der Waals surface area (Å²) in [5, 5.41) is 7.64. The predicted octanol–water partition coefficient (Wildman–Crippen LogP) is 4.37. The van der Waals surface area contributed by atoms with Gasteiger partial charge in [0.15, 0.2) is 0 Å². The Labute approximate surface area is 171 Å². The highest BCUT2D eigenvalue weighted by Crippen LogP contribution is 2.32. The van der Waals surface area contributed by atoms with E-state index in [2.05, 4.69) is 16.0 Å². The zero-order valence-corrected chi connectivity index (χ0v) is 16.4. The van der Waals surface area contributed by atoms with E-state index in [0.717, 1.165) is 25.0 Å². The molecule has 2 rings (SSSR count). The maximum absolute atomic E-state index is 13.1. The molecule has 3 N–H and O–H groups in total. The topological polar surface area (TPSA) is 70.2 Å². The fourth-order valence-corrected chi connectivity index (χ4v) is 2.64. The number of nitrogens with one attached hydrogen (secondary N) is 3. The van der Waals surface area contributed by atoms with E-state index >= 15 is 0 Å².